The highest BCUT2D eigenvalue weighted by Crippen LogP contribution is 2.34. The fourth-order valence-electron chi connectivity index (χ4n) is 1.67. The smallest absolute Gasteiger partial charge is 0.433 e. The van der Waals surface area contributed by atoms with Crippen LogP contribution in [0.5, 0.6) is 0 Å². The van der Waals surface area contributed by atoms with Crippen LogP contribution in [0, 0.1) is 6.92 Å². The van der Waals surface area contributed by atoms with Gasteiger partial charge in [-0.05, 0) is 34.6 Å². The Morgan fingerprint density at radius 2 is 1.84 bits per heavy atom. The van der Waals surface area contributed by atoms with Crippen molar-refractivity contribution in [3.8, 4) is 0 Å². The summed E-state index contributed by atoms with van der Waals surface area (Å²) in [6.07, 6.45) is -4.65. The topological polar surface area (TPSA) is 44.1 Å². The predicted octanol–water partition coefficient (Wildman–Crippen LogP) is 3.19. The maximum absolute atomic E-state index is 13.0. The van der Waals surface area contributed by atoms with Crippen molar-refractivity contribution >= 4 is 5.97 Å². The Kier molecular flexibility index (Phi) is 3.97. The fourth-order valence-corrected chi connectivity index (χ4v) is 1.67. The van der Waals surface area contributed by atoms with Crippen molar-refractivity contribution in [3.63, 3.8) is 0 Å². The van der Waals surface area contributed by atoms with Crippen LogP contribution in [-0.2, 0) is 17.5 Å². The molecule has 0 saturated heterocycles. The maximum Gasteiger partial charge on any atom is 0.433 e. The molecule has 7 heteroatoms. The number of rotatable bonds is 2. The van der Waals surface area contributed by atoms with Crippen molar-refractivity contribution in [1.82, 2.24) is 9.78 Å². The number of halogens is 3. The van der Waals surface area contributed by atoms with Crippen LogP contribution < -0.4 is 0 Å². The first kappa shape index (κ1) is 15.5. The lowest BCUT2D eigenvalue weighted by atomic mass is 10.1. The van der Waals surface area contributed by atoms with E-state index in [2.05, 4.69) is 5.10 Å². The second-order valence-corrected chi connectivity index (χ2v) is 5.12. The molecule has 1 aromatic heterocycles. The minimum atomic E-state index is -4.65. The number of aromatic nitrogens is 2. The molecule has 0 unspecified atom stereocenters. The maximum atomic E-state index is 13.0. The second-order valence-electron chi connectivity index (χ2n) is 5.12. The average molecular weight is 278 g/mol. The van der Waals surface area contributed by atoms with Gasteiger partial charge in [-0.3, -0.25) is 4.68 Å². The first-order valence-electron chi connectivity index (χ1n) is 5.85. The van der Waals surface area contributed by atoms with E-state index in [1.54, 1.807) is 20.8 Å². The summed E-state index contributed by atoms with van der Waals surface area (Å²) in [5.74, 6) is -1.00. The number of hydrogen-bond donors (Lipinski definition) is 0. The summed E-state index contributed by atoms with van der Waals surface area (Å²) in [4.78, 5) is 11.9. The van der Waals surface area contributed by atoms with E-state index >= 15 is 0 Å². The molecule has 1 aromatic rings. The molecule has 0 amide bonds. The van der Waals surface area contributed by atoms with Crippen LogP contribution in [0.25, 0.3) is 0 Å². The zero-order valence-corrected chi connectivity index (χ0v) is 11.6. The van der Waals surface area contributed by atoms with Gasteiger partial charge in [0.15, 0.2) is 5.69 Å². The summed E-state index contributed by atoms with van der Waals surface area (Å²) in [5, 5.41) is 3.74. The number of carbonyl (C=O) groups excluding carboxylic acids is 1. The van der Waals surface area contributed by atoms with Crippen LogP contribution in [0.3, 0.4) is 0 Å². The third-order valence-corrected chi connectivity index (χ3v) is 2.30. The van der Waals surface area contributed by atoms with Crippen molar-refractivity contribution in [3.05, 3.63) is 17.0 Å². The molecule has 108 valence electrons. The molecule has 0 aliphatic rings. The molecule has 1 rings (SSSR count). The molecule has 19 heavy (non-hydrogen) atoms. The minimum absolute atomic E-state index is 0.0171. The molecule has 0 radical (unpaired) electrons. The summed E-state index contributed by atoms with van der Waals surface area (Å²) in [6.45, 7) is 7.70. The molecule has 0 aliphatic heterocycles. The molecule has 0 saturated carbocycles. The molecule has 0 bridgehead atoms. The highest BCUT2D eigenvalue weighted by atomic mass is 19.4. The van der Waals surface area contributed by atoms with Crippen molar-refractivity contribution < 1.29 is 22.7 Å². The van der Waals surface area contributed by atoms with Gasteiger partial charge in [0.05, 0.1) is 5.69 Å². The van der Waals surface area contributed by atoms with Crippen LogP contribution in [0.15, 0.2) is 0 Å². The third kappa shape index (κ3) is 3.48. The number of esters is 1. The monoisotopic (exact) mass is 278 g/mol. The third-order valence-electron chi connectivity index (χ3n) is 2.30. The molecule has 0 spiro atoms. The normalized spacial score (nSPS) is 12.6. The van der Waals surface area contributed by atoms with Gasteiger partial charge in [0.2, 0.25) is 0 Å². The van der Waals surface area contributed by atoms with E-state index in [0.29, 0.717) is 0 Å². The van der Waals surface area contributed by atoms with Gasteiger partial charge in [0, 0.05) is 6.54 Å². The van der Waals surface area contributed by atoms with Crippen LogP contribution in [0.1, 0.15) is 49.4 Å². The lowest BCUT2D eigenvalue weighted by molar-refractivity contribution is -0.144. The van der Waals surface area contributed by atoms with Gasteiger partial charge in [-0.1, -0.05) is 0 Å². The van der Waals surface area contributed by atoms with Gasteiger partial charge in [0.25, 0.3) is 0 Å². The number of ether oxygens (including phenoxy) is 1. The lowest BCUT2D eigenvalue weighted by Crippen LogP contribution is -2.26. The van der Waals surface area contributed by atoms with Gasteiger partial charge in [-0.15, -0.1) is 0 Å². The van der Waals surface area contributed by atoms with Gasteiger partial charge in [-0.2, -0.15) is 18.3 Å². The van der Waals surface area contributed by atoms with Gasteiger partial charge in [0.1, 0.15) is 11.2 Å². The Hall–Kier alpha value is -1.53. The van der Waals surface area contributed by atoms with Crippen molar-refractivity contribution in [2.45, 2.75) is 52.9 Å². The van der Waals surface area contributed by atoms with Gasteiger partial charge >= 0.3 is 12.1 Å². The standard InChI is InChI=1S/C12H17F3N2O2/c1-6-17-9(12(13,14)15)8(7(2)16-17)10(18)19-11(3,4)5/h6H2,1-5H3. The number of alkyl halides is 3. The van der Waals surface area contributed by atoms with Gasteiger partial charge < -0.3 is 4.74 Å². The second kappa shape index (κ2) is 4.86. The molecule has 0 fully saturated rings. The number of aryl methyl sites for hydroxylation is 2. The molecule has 1 heterocycles. The molecule has 0 N–H and O–H groups in total. The minimum Gasteiger partial charge on any atom is -0.456 e. The molecule has 0 aliphatic carbocycles. The molecule has 4 nitrogen and oxygen atoms in total. The summed E-state index contributed by atoms with van der Waals surface area (Å²) in [5.41, 5.74) is -2.41. The average Bonchev–Trinajstić information content (AvgIpc) is 2.51. The first-order chi connectivity index (χ1) is 8.47. The number of hydrogen-bond acceptors (Lipinski definition) is 3. The summed E-state index contributed by atoms with van der Waals surface area (Å²) in [7, 11) is 0. The van der Waals surface area contributed by atoms with Crippen molar-refractivity contribution in [2.24, 2.45) is 0 Å². The van der Waals surface area contributed by atoms with E-state index in [1.165, 1.54) is 13.8 Å². The Bertz CT molecular complexity index is 484. The molecular weight excluding hydrogens is 261 g/mol. The van der Waals surface area contributed by atoms with E-state index in [1.807, 2.05) is 0 Å². The first-order valence-corrected chi connectivity index (χ1v) is 5.85. The Balaban J connectivity index is 3.35. The van der Waals surface area contributed by atoms with E-state index in [-0.39, 0.29) is 12.2 Å². The largest absolute Gasteiger partial charge is 0.456 e. The van der Waals surface area contributed by atoms with E-state index in [0.717, 1.165) is 4.68 Å². The molecular formula is C12H17F3N2O2. The summed E-state index contributed by atoms with van der Waals surface area (Å²) in [6, 6.07) is 0. The van der Waals surface area contributed by atoms with Crippen molar-refractivity contribution in [2.75, 3.05) is 0 Å². The van der Waals surface area contributed by atoms with E-state index in [9.17, 15) is 18.0 Å². The SMILES string of the molecule is CCn1nc(C)c(C(=O)OC(C)(C)C)c1C(F)(F)F. The highest BCUT2D eigenvalue weighted by Gasteiger charge is 2.42. The van der Waals surface area contributed by atoms with E-state index in [4.69, 9.17) is 4.74 Å². The zero-order valence-electron chi connectivity index (χ0n) is 11.6. The van der Waals surface area contributed by atoms with Crippen molar-refractivity contribution in [1.29, 1.82) is 0 Å². The highest BCUT2D eigenvalue weighted by molar-refractivity contribution is 5.92. The lowest BCUT2D eigenvalue weighted by Gasteiger charge is -2.20. The van der Waals surface area contributed by atoms with Crippen LogP contribution >= 0.6 is 0 Å². The number of carbonyl (C=O) groups is 1. The van der Waals surface area contributed by atoms with E-state index < -0.39 is 29.0 Å². The fraction of sp³-hybridized carbons (Fsp3) is 0.667. The molecule has 0 aromatic carbocycles. The predicted molar refractivity (Wildman–Crippen MR) is 62.8 cm³/mol. The van der Waals surface area contributed by atoms with Crippen LogP contribution in [-0.4, -0.2) is 21.4 Å². The van der Waals surface area contributed by atoms with Crippen LogP contribution in [0.4, 0.5) is 13.2 Å². The number of nitrogens with zero attached hydrogens (tertiary/aromatic N) is 2. The Morgan fingerprint density at radius 3 is 2.21 bits per heavy atom. The summed E-state index contributed by atoms with van der Waals surface area (Å²) >= 11 is 0. The molecule has 0 atom stereocenters. The van der Waals surface area contributed by atoms with Crippen LogP contribution in [0.2, 0.25) is 0 Å². The quantitative estimate of drug-likeness (QED) is 0.780. The van der Waals surface area contributed by atoms with Gasteiger partial charge in [-0.25, -0.2) is 4.79 Å². The summed E-state index contributed by atoms with van der Waals surface area (Å²) < 4.78 is 44.9. The zero-order chi connectivity index (χ0) is 15.0. The Morgan fingerprint density at radius 1 is 1.32 bits per heavy atom. The Labute approximate surface area is 109 Å².